The van der Waals surface area contributed by atoms with E-state index in [-0.39, 0.29) is 18.0 Å². The molecule has 0 fully saturated rings. The van der Waals surface area contributed by atoms with Crippen LogP contribution in [0.1, 0.15) is 5.56 Å². The highest BCUT2D eigenvalue weighted by atomic mass is 19.1. The van der Waals surface area contributed by atoms with Gasteiger partial charge in [0.1, 0.15) is 5.82 Å². The van der Waals surface area contributed by atoms with Gasteiger partial charge in [-0.05, 0) is 6.07 Å². The van der Waals surface area contributed by atoms with Gasteiger partial charge in [-0.1, -0.05) is 0 Å². The minimum Gasteiger partial charge on any atom is -0.504 e. The first-order valence-corrected chi connectivity index (χ1v) is 4.00. The smallest absolute Gasteiger partial charge is 0.163 e. The summed E-state index contributed by atoms with van der Waals surface area (Å²) in [6, 6.07) is 2.42. The number of methoxy groups -OCH3 is 1. The van der Waals surface area contributed by atoms with E-state index in [1.165, 1.54) is 20.3 Å². The average molecular weight is 201 g/mol. The molecule has 1 aromatic rings. The van der Waals surface area contributed by atoms with Crippen LogP contribution in [-0.4, -0.2) is 19.3 Å². The quantitative estimate of drug-likeness (QED) is 0.718. The predicted octanol–water partition coefficient (Wildman–Crippen LogP) is 1.19. The van der Waals surface area contributed by atoms with E-state index >= 15 is 0 Å². The molecule has 0 aliphatic heterocycles. The van der Waals surface area contributed by atoms with Gasteiger partial charge in [-0.25, -0.2) is 4.39 Å². The maximum Gasteiger partial charge on any atom is 0.163 e. The molecule has 78 valence electrons. The molecule has 0 bridgehead atoms. The van der Waals surface area contributed by atoms with Gasteiger partial charge >= 0.3 is 0 Å². The predicted molar refractivity (Wildman–Crippen MR) is 48.5 cm³/mol. The lowest BCUT2D eigenvalue weighted by Crippen LogP contribution is -2.12. The van der Waals surface area contributed by atoms with Gasteiger partial charge in [-0.2, -0.15) is 5.48 Å². The van der Waals surface area contributed by atoms with Crippen molar-refractivity contribution in [3.05, 3.63) is 23.5 Å². The van der Waals surface area contributed by atoms with E-state index in [2.05, 4.69) is 10.3 Å². The Kier molecular flexibility index (Phi) is 3.67. The molecule has 0 aliphatic carbocycles. The minimum absolute atomic E-state index is 0.0956. The molecule has 5 heteroatoms. The molecular weight excluding hydrogens is 189 g/mol. The SMILES string of the molecule is CONCc1cc(O)c(OC)cc1F. The highest BCUT2D eigenvalue weighted by molar-refractivity contribution is 5.42. The fourth-order valence-electron chi connectivity index (χ4n) is 1.04. The lowest BCUT2D eigenvalue weighted by Gasteiger charge is -2.07. The van der Waals surface area contributed by atoms with E-state index in [4.69, 9.17) is 4.74 Å². The Morgan fingerprint density at radius 3 is 2.71 bits per heavy atom. The number of ether oxygens (including phenoxy) is 1. The zero-order valence-electron chi connectivity index (χ0n) is 8.00. The van der Waals surface area contributed by atoms with Gasteiger partial charge in [0.15, 0.2) is 11.5 Å². The largest absolute Gasteiger partial charge is 0.504 e. The van der Waals surface area contributed by atoms with Crippen LogP contribution in [0.3, 0.4) is 0 Å². The first-order valence-electron chi connectivity index (χ1n) is 4.00. The highest BCUT2D eigenvalue weighted by Gasteiger charge is 2.08. The van der Waals surface area contributed by atoms with E-state index in [0.717, 1.165) is 6.07 Å². The maximum atomic E-state index is 13.3. The number of benzene rings is 1. The number of hydrogen-bond acceptors (Lipinski definition) is 4. The van der Waals surface area contributed by atoms with Crippen molar-refractivity contribution < 1.29 is 19.1 Å². The van der Waals surface area contributed by atoms with Gasteiger partial charge < -0.3 is 14.7 Å². The summed E-state index contributed by atoms with van der Waals surface area (Å²) >= 11 is 0. The molecule has 1 aromatic carbocycles. The number of phenolic OH excluding ortho intramolecular Hbond substituents is 1. The Bertz CT molecular complexity index is 317. The molecular formula is C9H12FNO3. The fourth-order valence-corrected chi connectivity index (χ4v) is 1.04. The van der Waals surface area contributed by atoms with Crippen LogP contribution in [0.25, 0.3) is 0 Å². The van der Waals surface area contributed by atoms with Crippen molar-refractivity contribution in [3.8, 4) is 11.5 Å². The molecule has 0 radical (unpaired) electrons. The second-order valence-electron chi connectivity index (χ2n) is 2.64. The zero-order chi connectivity index (χ0) is 10.6. The van der Waals surface area contributed by atoms with Crippen LogP contribution in [0.2, 0.25) is 0 Å². The van der Waals surface area contributed by atoms with Gasteiger partial charge in [-0.3, -0.25) is 0 Å². The van der Waals surface area contributed by atoms with Crippen LogP contribution in [0.5, 0.6) is 11.5 Å². The Morgan fingerprint density at radius 2 is 2.14 bits per heavy atom. The number of phenols is 1. The summed E-state index contributed by atoms with van der Waals surface area (Å²) in [7, 11) is 2.79. The molecule has 14 heavy (non-hydrogen) atoms. The van der Waals surface area contributed by atoms with E-state index in [1.807, 2.05) is 0 Å². The molecule has 0 aliphatic rings. The Balaban J connectivity index is 2.90. The van der Waals surface area contributed by atoms with Gasteiger partial charge in [0.2, 0.25) is 0 Å². The number of halogens is 1. The summed E-state index contributed by atoms with van der Waals surface area (Å²) in [5, 5.41) is 9.35. The topological polar surface area (TPSA) is 50.7 Å². The molecule has 1 rings (SSSR count). The van der Waals surface area contributed by atoms with Crippen LogP contribution in [0.15, 0.2) is 12.1 Å². The fraction of sp³-hybridized carbons (Fsp3) is 0.333. The monoisotopic (exact) mass is 201 g/mol. The number of hydrogen-bond donors (Lipinski definition) is 2. The maximum absolute atomic E-state index is 13.3. The molecule has 0 saturated carbocycles. The summed E-state index contributed by atoms with van der Waals surface area (Å²) < 4.78 is 18.0. The Hall–Kier alpha value is -1.33. The first-order chi connectivity index (χ1) is 6.69. The van der Waals surface area contributed by atoms with E-state index < -0.39 is 5.82 Å². The van der Waals surface area contributed by atoms with E-state index in [0.29, 0.717) is 5.56 Å². The molecule has 0 atom stereocenters. The van der Waals surface area contributed by atoms with Crippen LogP contribution in [-0.2, 0) is 11.4 Å². The second kappa shape index (κ2) is 4.78. The van der Waals surface area contributed by atoms with Crippen LogP contribution in [0, 0.1) is 5.82 Å². The molecule has 0 amide bonds. The molecule has 0 saturated heterocycles. The van der Waals surface area contributed by atoms with Crippen molar-refractivity contribution in [2.45, 2.75) is 6.54 Å². The lowest BCUT2D eigenvalue weighted by atomic mass is 10.2. The highest BCUT2D eigenvalue weighted by Crippen LogP contribution is 2.28. The number of rotatable bonds is 4. The summed E-state index contributed by atoms with van der Waals surface area (Å²) in [6.07, 6.45) is 0. The van der Waals surface area contributed by atoms with E-state index in [1.54, 1.807) is 0 Å². The van der Waals surface area contributed by atoms with Gasteiger partial charge in [0.25, 0.3) is 0 Å². The van der Waals surface area contributed by atoms with Crippen LogP contribution < -0.4 is 10.2 Å². The van der Waals surface area contributed by atoms with Crippen molar-refractivity contribution in [2.24, 2.45) is 0 Å². The van der Waals surface area contributed by atoms with Crippen molar-refractivity contribution in [1.82, 2.24) is 5.48 Å². The number of nitrogens with one attached hydrogen (secondary N) is 1. The Labute approximate surface area is 81.2 Å². The van der Waals surface area contributed by atoms with Gasteiger partial charge in [-0.15, -0.1) is 0 Å². The van der Waals surface area contributed by atoms with Crippen LogP contribution in [0.4, 0.5) is 4.39 Å². The molecule has 4 nitrogen and oxygen atoms in total. The summed E-state index contributed by atoms with van der Waals surface area (Å²) in [4.78, 5) is 4.57. The zero-order valence-corrected chi connectivity index (χ0v) is 8.00. The summed E-state index contributed by atoms with van der Waals surface area (Å²) in [5.74, 6) is -0.435. The number of hydroxylamine groups is 1. The van der Waals surface area contributed by atoms with Crippen molar-refractivity contribution in [2.75, 3.05) is 14.2 Å². The third-order valence-corrected chi connectivity index (χ3v) is 1.75. The average Bonchev–Trinajstić information content (AvgIpc) is 2.18. The summed E-state index contributed by atoms with van der Waals surface area (Å²) in [5.41, 5.74) is 2.79. The first kappa shape index (κ1) is 10.7. The van der Waals surface area contributed by atoms with E-state index in [9.17, 15) is 9.50 Å². The Morgan fingerprint density at radius 1 is 1.43 bits per heavy atom. The third kappa shape index (κ3) is 2.34. The van der Waals surface area contributed by atoms with Crippen molar-refractivity contribution in [1.29, 1.82) is 0 Å². The normalized spacial score (nSPS) is 10.2. The molecule has 0 unspecified atom stereocenters. The second-order valence-corrected chi connectivity index (χ2v) is 2.64. The molecule has 0 aromatic heterocycles. The molecule has 2 N–H and O–H groups in total. The number of aromatic hydroxyl groups is 1. The standard InChI is InChI=1S/C9H12FNO3/c1-13-9-4-7(10)6(3-8(9)12)5-11-14-2/h3-4,11-12H,5H2,1-2H3. The van der Waals surface area contributed by atoms with Gasteiger partial charge in [0.05, 0.1) is 14.2 Å². The van der Waals surface area contributed by atoms with Crippen molar-refractivity contribution in [3.63, 3.8) is 0 Å². The lowest BCUT2D eigenvalue weighted by molar-refractivity contribution is 0.0858. The minimum atomic E-state index is -0.454. The molecule has 0 heterocycles. The van der Waals surface area contributed by atoms with Crippen molar-refractivity contribution >= 4 is 0 Å². The van der Waals surface area contributed by atoms with Crippen LogP contribution >= 0.6 is 0 Å². The van der Waals surface area contributed by atoms with Gasteiger partial charge in [0, 0.05) is 18.2 Å². The third-order valence-electron chi connectivity index (χ3n) is 1.75. The summed E-state index contributed by atoms with van der Waals surface area (Å²) in [6.45, 7) is 0.180. The molecule has 0 spiro atoms.